The number of carbonyl (C=O) groups is 2. The van der Waals surface area contributed by atoms with Crippen molar-refractivity contribution in [1.82, 2.24) is 8.75 Å². The van der Waals surface area contributed by atoms with Gasteiger partial charge in [0.25, 0.3) is 0 Å². The van der Waals surface area contributed by atoms with Gasteiger partial charge in [0, 0.05) is 28.6 Å². The highest BCUT2D eigenvalue weighted by Crippen LogP contribution is 2.56. The lowest BCUT2D eigenvalue weighted by Gasteiger charge is -2.35. The number of fused-ring (bicyclic) bond motifs is 3. The third kappa shape index (κ3) is 21.0. The lowest BCUT2D eigenvalue weighted by atomic mass is 9.85. The van der Waals surface area contributed by atoms with Gasteiger partial charge in [-0.3, -0.25) is 9.59 Å². The van der Waals surface area contributed by atoms with Gasteiger partial charge < -0.3 is 18.9 Å². The molecule has 85 heavy (non-hydrogen) atoms. The van der Waals surface area contributed by atoms with Crippen LogP contribution in [0, 0.1) is 23.7 Å². The van der Waals surface area contributed by atoms with E-state index in [1.54, 1.807) is 45.3 Å². The molecule has 0 amide bonds. The Morgan fingerprint density at radius 3 is 1.12 bits per heavy atom. The van der Waals surface area contributed by atoms with E-state index in [1.165, 1.54) is 210 Å². The van der Waals surface area contributed by atoms with Crippen LogP contribution in [0.2, 0.25) is 0 Å². The van der Waals surface area contributed by atoms with E-state index in [0.717, 1.165) is 96.1 Å². The van der Waals surface area contributed by atoms with Crippen molar-refractivity contribution in [2.75, 3.05) is 13.2 Å². The second-order valence-corrected chi connectivity index (χ2v) is 30.2. The maximum absolute atomic E-state index is 14.9. The summed E-state index contributed by atoms with van der Waals surface area (Å²) >= 11 is 8.20. The zero-order valence-electron chi connectivity index (χ0n) is 53.0. The van der Waals surface area contributed by atoms with E-state index in [-0.39, 0.29) is 11.9 Å². The first-order valence-electron chi connectivity index (χ1n) is 34.8. The Balaban J connectivity index is 1.07. The summed E-state index contributed by atoms with van der Waals surface area (Å²) in [5, 5.41) is 4.31. The molecule has 2 saturated carbocycles. The molecule has 1 aromatic carbocycles. The van der Waals surface area contributed by atoms with E-state index in [2.05, 4.69) is 62.7 Å². The predicted octanol–water partition coefficient (Wildman–Crippen LogP) is 24.3. The van der Waals surface area contributed by atoms with Crippen LogP contribution in [0.25, 0.3) is 50.7 Å². The number of rotatable bonds is 44. The second kappa shape index (κ2) is 38.4. The number of hydrogen-bond acceptors (Lipinski definition) is 13. The number of nitrogens with zero attached hydrogens (tertiary/aromatic N) is 2. The number of carbonyl (C=O) groups excluding carboxylic acids is 2. The zero-order chi connectivity index (χ0) is 59.3. The molecule has 6 unspecified atom stereocenters. The van der Waals surface area contributed by atoms with Crippen molar-refractivity contribution < 1.29 is 28.5 Å². The van der Waals surface area contributed by atoms with E-state index in [0.29, 0.717) is 49.4 Å². The van der Waals surface area contributed by atoms with Gasteiger partial charge in [0.15, 0.2) is 11.5 Å². The summed E-state index contributed by atoms with van der Waals surface area (Å²) in [6, 6.07) is 8.94. The Labute approximate surface area is 533 Å². The Bertz CT molecular complexity index is 2560. The Hall–Kier alpha value is -3.10. The van der Waals surface area contributed by atoms with Gasteiger partial charge in [0.05, 0.1) is 47.9 Å². The molecule has 2 aliphatic carbocycles. The van der Waals surface area contributed by atoms with Crippen molar-refractivity contribution in [3.05, 3.63) is 35.0 Å². The van der Waals surface area contributed by atoms with Gasteiger partial charge in [-0.15, -0.1) is 45.3 Å². The fraction of sp³-hybridized carbons (Fsp3) is 0.722. The van der Waals surface area contributed by atoms with Crippen LogP contribution < -0.4 is 9.47 Å². The molecular formula is C72H108N2O6S5. The van der Waals surface area contributed by atoms with Crippen LogP contribution in [-0.2, 0) is 19.1 Å². The number of hydrogen-bond donors (Lipinski definition) is 0. The van der Waals surface area contributed by atoms with Gasteiger partial charge in [-0.25, -0.2) is 0 Å². The van der Waals surface area contributed by atoms with Crippen molar-refractivity contribution in [3.63, 3.8) is 0 Å². The van der Waals surface area contributed by atoms with Gasteiger partial charge in [-0.2, -0.15) is 8.75 Å². The van der Waals surface area contributed by atoms with Crippen molar-refractivity contribution in [2.45, 2.75) is 297 Å². The first-order valence-corrected chi connectivity index (χ1v) is 39.0. The average Bonchev–Trinajstić information content (AvgIpc) is 2.21. The third-order valence-electron chi connectivity index (χ3n) is 18.7. The smallest absolute Gasteiger partial charge is 0.312 e. The number of aromatic nitrogens is 2. The van der Waals surface area contributed by atoms with Gasteiger partial charge in [0.1, 0.15) is 23.2 Å². The molecule has 13 heteroatoms. The minimum Gasteiger partial charge on any atom is -0.485 e. The maximum atomic E-state index is 14.9. The first kappa shape index (κ1) is 67.8. The highest BCUT2D eigenvalue weighted by molar-refractivity contribution is 7.29. The molecule has 5 heterocycles. The molecule has 8 nitrogen and oxygen atoms in total. The Kier molecular flexibility index (Phi) is 30.7. The number of esters is 2. The Morgan fingerprint density at radius 1 is 0.447 bits per heavy atom. The minimum absolute atomic E-state index is 0.128. The molecule has 0 saturated heterocycles. The van der Waals surface area contributed by atoms with Crippen LogP contribution in [0.3, 0.4) is 0 Å². The molecule has 5 aromatic heterocycles. The second-order valence-electron chi connectivity index (χ2n) is 25.6. The predicted molar refractivity (Wildman–Crippen MR) is 367 cm³/mol. The molecule has 6 atom stereocenters. The molecule has 0 spiro atoms. The van der Waals surface area contributed by atoms with Crippen molar-refractivity contribution >= 4 is 98.8 Å². The molecule has 2 fully saturated rings. The van der Waals surface area contributed by atoms with E-state index < -0.39 is 24.0 Å². The molecule has 2 aliphatic rings. The molecule has 8 rings (SSSR count). The maximum Gasteiger partial charge on any atom is 0.312 e. The Morgan fingerprint density at radius 2 is 0.776 bits per heavy atom. The standard InChI is InChI=1S/C72H108N2O6S5/c1-5-9-13-17-21-23-27-31-39-53(37-29-25-19-15-11-7-3)51-77-71(75)55-41-33-35-43-57(55)79-69-65(63-49-61-59(83-63)45-47-81-61)67-68(74-85-73-67)66(64-50-62-60(84-64)46-48-82-62)70(69)80-58-44-36-34-42-56(58)72(76)78-52-54(38-30-26-20-16-12-8-4)40-32-28-24-22-18-14-10-6-2/h45-50,53-58H,5-44,51-52H2,1-4H3. The highest BCUT2D eigenvalue weighted by Gasteiger charge is 2.41. The summed E-state index contributed by atoms with van der Waals surface area (Å²) in [4.78, 5) is 31.9. The summed E-state index contributed by atoms with van der Waals surface area (Å²) in [5.41, 5.74) is 3.30. The molecule has 472 valence electrons. The first-order chi connectivity index (χ1) is 41.9. The number of thiophene rings is 4. The number of ether oxygens (including phenoxy) is 4. The number of benzene rings is 1. The van der Waals surface area contributed by atoms with Gasteiger partial charge >= 0.3 is 11.9 Å². The SMILES string of the molecule is CCCCCCCCCCC(CCCCCCCC)COC(=O)C1CCCCC1Oc1c(OC2CCCCC2C(=O)OCC(CCCCCCCC)CCCCCCCCCC)c(-c2cc3sccc3s2)c2nsnc2c1-c1cc2sccc2s1. The van der Waals surface area contributed by atoms with E-state index in [1.807, 2.05) is 0 Å². The van der Waals surface area contributed by atoms with Crippen LogP contribution in [0.1, 0.15) is 285 Å². The van der Waals surface area contributed by atoms with Gasteiger partial charge in [0.2, 0.25) is 0 Å². The summed E-state index contributed by atoms with van der Waals surface area (Å²) in [6.07, 6.45) is 46.3. The van der Waals surface area contributed by atoms with Crippen LogP contribution >= 0.6 is 57.1 Å². The van der Waals surface area contributed by atoms with Gasteiger partial charge in [-0.05, 0) is 111 Å². The third-order valence-corrected chi connectivity index (χ3v) is 23.5. The topological polar surface area (TPSA) is 96.8 Å². The highest BCUT2D eigenvalue weighted by atomic mass is 32.1. The van der Waals surface area contributed by atoms with E-state index in [9.17, 15) is 9.59 Å². The van der Waals surface area contributed by atoms with Crippen molar-refractivity contribution in [3.8, 4) is 32.4 Å². The lowest BCUT2D eigenvalue weighted by Crippen LogP contribution is -2.39. The van der Waals surface area contributed by atoms with E-state index in [4.69, 9.17) is 27.7 Å². The minimum atomic E-state index is -0.436. The summed E-state index contributed by atoms with van der Waals surface area (Å²) in [7, 11) is 0. The normalized spacial score (nSPS) is 18.2. The summed E-state index contributed by atoms with van der Waals surface area (Å²) in [6.45, 7) is 10.1. The van der Waals surface area contributed by atoms with Crippen molar-refractivity contribution in [2.24, 2.45) is 23.7 Å². The average molecular weight is 1260 g/mol. The van der Waals surface area contributed by atoms with Crippen LogP contribution in [0.15, 0.2) is 35.0 Å². The van der Waals surface area contributed by atoms with Crippen molar-refractivity contribution in [1.29, 1.82) is 0 Å². The fourth-order valence-corrected chi connectivity index (χ4v) is 18.4. The molecule has 0 bridgehead atoms. The monoisotopic (exact) mass is 1260 g/mol. The van der Waals surface area contributed by atoms with Crippen LogP contribution in [0.5, 0.6) is 11.5 Å². The van der Waals surface area contributed by atoms with E-state index >= 15 is 0 Å². The fourth-order valence-electron chi connectivity index (χ4n) is 13.5. The molecule has 0 radical (unpaired) electrons. The molecule has 0 N–H and O–H groups in total. The molecular weight excluding hydrogens is 1150 g/mol. The van der Waals surface area contributed by atoms with Crippen LogP contribution in [0.4, 0.5) is 0 Å². The van der Waals surface area contributed by atoms with Gasteiger partial charge in [-0.1, -0.05) is 220 Å². The van der Waals surface area contributed by atoms with Crippen LogP contribution in [-0.4, -0.2) is 46.1 Å². The molecule has 0 aliphatic heterocycles. The quantitative estimate of drug-likeness (QED) is 0.0276. The zero-order valence-corrected chi connectivity index (χ0v) is 57.1. The molecule has 6 aromatic rings. The summed E-state index contributed by atoms with van der Waals surface area (Å²) in [5.74, 6) is 0.866. The number of unbranched alkanes of at least 4 members (excludes halogenated alkanes) is 24. The lowest BCUT2D eigenvalue weighted by molar-refractivity contribution is -0.156. The largest absolute Gasteiger partial charge is 0.485 e. The summed E-state index contributed by atoms with van der Waals surface area (Å²) < 4.78 is 43.6.